The summed E-state index contributed by atoms with van der Waals surface area (Å²) in [4.78, 5) is 13.1. The summed E-state index contributed by atoms with van der Waals surface area (Å²) >= 11 is 1.42. The van der Waals surface area contributed by atoms with Gasteiger partial charge in [-0.2, -0.15) is 4.39 Å². The maximum Gasteiger partial charge on any atom is 0.223 e. The van der Waals surface area contributed by atoms with E-state index in [2.05, 4.69) is 31.0 Å². The highest BCUT2D eigenvalue weighted by Gasteiger charge is 2.19. The second-order valence-corrected chi connectivity index (χ2v) is 9.44. The van der Waals surface area contributed by atoms with Crippen LogP contribution >= 0.6 is 11.3 Å². The van der Waals surface area contributed by atoms with Crippen molar-refractivity contribution >= 4 is 27.4 Å². The molecule has 11 heteroatoms. The highest BCUT2D eigenvalue weighted by Crippen LogP contribution is 2.41. The summed E-state index contributed by atoms with van der Waals surface area (Å²) in [5.41, 5.74) is 5.78. The summed E-state index contributed by atoms with van der Waals surface area (Å²) in [6, 6.07) is 9.17. The molecule has 1 atom stereocenters. The van der Waals surface area contributed by atoms with E-state index < -0.39 is 11.8 Å². The van der Waals surface area contributed by atoms with E-state index in [1.54, 1.807) is 6.20 Å². The summed E-state index contributed by atoms with van der Waals surface area (Å²) in [6.07, 6.45) is 6.51. The van der Waals surface area contributed by atoms with Crippen molar-refractivity contribution in [1.29, 1.82) is 0 Å². The van der Waals surface area contributed by atoms with Crippen molar-refractivity contribution < 1.29 is 8.78 Å². The summed E-state index contributed by atoms with van der Waals surface area (Å²) < 4.78 is 29.9. The SMILES string of the molecule is CNC(C)c1cnc(F)cc1-c1cccc2cc(-c3nc(NCCN4C=CNN4C)ncc3F)sc12. The number of nitrogens with one attached hydrogen (secondary N) is 3. The van der Waals surface area contributed by atoms with Crippen LogP contribution in [0, 0.1) is 11.8 Å². The predicted octanol–water partition coefficient (Wildman–Crippen LogP) is 4.53. The molecule has 1 aromatic carbocycles. The Hall–Kier alpha value is -3.67. The Morgan fingerprint density at radius 2 is 2.00 bits per heavy atom. The zero-order chi connectivity index (χ0) is 25.2. The average Bonchev–Trinajstić information content (AvgIpc) is 3.50. The van der Waals surface area contributed by atoms with E-state index in [0.717, 1.165) is 26.8 Å². The maximum absolute atomic E-state index is 14.9. The number of anilines is 1. The molecule has 3 aromatic heterocycles. The number of rotatable bonds is 8. The molecule has 4 aromatic rings. The van der Waals surface area contributed by atoms with Crippen LogP contribution in [0.1, 0.15) is 18.5 Å². The number of thiophene rings is 1. The Morgan fingerprint density at radius 3 is 2.78 bits per heavy atom. The zero-order valence-corrected chi connectivity index (χ0v) is 20.9. The van der Waals surface area contributed by atoms with E-state index in [1.807, 2.05) is 67.8 Å². The number of halogens is 2. The molecule has 0 amide bonds. The quantitative estimate of drug-likeness (QED) is 0.300. The number of fused-ring (bicyclic) bond motifs is 1. The first-order valence-electron chi connectivity index (χ1n) is 11.5. The number of benzene rings is 1. The Morgan fingerprint density at radius 1 is 1.14 bits per heavy atom. The van der Waals surface area contributed by atoms with Crippen LogP contribution in [0.15, 0.2) is 55.1 Å². The fourth-order valence-corrected chi connectivity index (χ4v) is 5.28. The minimum atomic E-state index is -0.546. The van der Waals surface area contributed by atoms with Crippen molar-refractivity contribution in [3.8, 4) is 21.7 Å². The molecule has 1 aliphatic rings. The first kappa shape index (κ1) is 24.0. The average molecular weight is 509 g/mol. The number of hydrogen-bond donors (Lipinski definition) is 3. The second-order valence-electron chi connectivity index (χ2n) is 8.39. The van der Waals surface area contributed by atoms with Gasteiger partial charge in [0.2, 0.25) is 11.9 Å². The van der Waals surface area contributed by atoms with Crippen LogP contribution in [-0.2, 0) is 0 Å². The van der Waals surface area contributed by atoms with Crippen molar-refractivity contribution in [2.45, 2.75) is 13.0 Å². The molecule has 5 rings (SSSR count). The lowest BCUT2D eigenvalue weighted by Gasteiger charge is -2.24. The Balaban J connectivity index is 1.47. The van der Waals surface area contributed by atoms with Gasteiger partial charge in [-0.25, -0.2) is 19.3 Å². The molecule has 0 bridgehead atoms. The van der Waals surface area contributed by atoms with Gasteiger partial charge in [-0.3, -0.25) is 5.01 Å². The first-order chi connectivity index (χ1) is 17.4. The molecule has 0 saturated heterocycles. The van der Waals surface area contributed by atoms with E-state index in [0.29, 0.717) is 23.9 Å². The smallest absolute Gasteiger partial charge is 0.223 e. The van der Waals surface area contributed by atoms with Crippen LogP contribution in [0.5, 0.6) is 0 Å². The molecule has 36 heavy (non-hydrogen) atoms. The normalized spacial score (nSPS) is 14.4. The van der Waals surface area contributed by atoms with Gasteiger partial charge >= 0.3 is 0 Å². The van der Waals surface area contributed by atoms with Crippen molar-refractivity contribution in [3.63, 3.8) is 0 Å². The van der Waals surface area contributed by atoms with E-state index in [4.69, 9.17) is 0 Å². The minimum absolute atomic E-state index is 0.0256. The topological polar surface area (TPSA) is 81.2 Å². The van der Waals surface area contributed by atoms with Gasteiger partial charge in [-0.05, 0) is 36.6 Å². The molecular formula is C25H26F2N8S. The fraction of sp³-hybridized carbons (Fsp3) is 0.240. The molecule has 0 aliphatic carbocycles. The van der Waals surface area contributed by atoms with Crippen LogP contribution in [0.3, 0.4) is 0 Å². The van der Waals surface area contributed by atoms with E-state index in [1.165, 1.54) is 23.6 Å². The van der Waals surface area contributed by atoms with Gasteiger partial charge in [0.05, 0.1) is 17.6 Å². The van der Waals surface area contributed by atoms with Crippen LogP contribution in [0.25, 0.3) is 31.8 Å². The van der Waals surface area contributed by atoms with Crippen molar-refractivity contribution in [2.75, 3.05) is 32.5 Å². The third-order valence-corrected chi connectivity index (χ3v) is 7.32. The van der Waals surface area contributed by atoms with Gasteiger partial charge in [0.15, 0.2) is 5.82 Å². The van der Waals surface area contributed by atoms with Crippen molar-refractivity contribution in [1.82, 2.24) is 35.8 Å². The van der Waals surface area contributed by atoms with E-state index in [-0.39, 0.29) is 11.7 Å². The predicted molar refractivity (Wildman–Crippen MR) is 139 cm³/mol. The minimum Gasteiger partial charge on any atom is -0.352 e. The third-order valence-electron chi connectivity index (χ3n) is 6.13. The third kappa shape index (κ3) is 4.72. The van der Waals surface area contributed by atoms with Gasteiger partial charge in [-0.1, -0.05) is 18.2 Å². The van der Waals surface area contributed by atoms with Crippen LogP contribution in [-0.4, -0.2) is 52.3 Å². The first-order valence-corrected chi connectivity index (χ1v) is 12.3. The Kier molecular flexibility index (Phi) is 6.77. The molecule has 4 heterocycles. The molecule has 1 unspecified atom stereocenters. The maximum atomic E-state index is 14.9. The van der Waals surface area contributed by atoms with E-state index in [9.17, 15) is 8.78 Å². The summed E-state index contributed by atoms with van der Waals surface area (Å²) in [7, 11) is 3.76. The standard InChI is InChI=1S/C25H26F2N8S/c1-15(28-2)19-13-30-22(27)12-18(19)17-6-4-5-16-11-21(36-24(16)17)23-20(26)14-31-25(33-23)29-7-9-35-10-8-32-34(35)3/h4-6,8,10-15,28,32H,7,9H2,1-3H3,(H,29,31,33). The van der Waals surface area contributed by atoms with Gasteiger partial charge in [0.25, 0.3) is 0 Å². The largest absolute Gasteiger partial charge is 0.352 e. The lowest BCUT2D eigenvalue weighted by molar-refractivity contribution is 0.0420. The summed E-state index contributed by atoms with van der Waals surface area (Å²) in [6.45, 7) is 3.24. The highest BCUT2D eigenvalue weighted by molar-refractivity contribution is 7.22. The number of hydrazine groups is 2. The molecule has 0 radical (unpaired) electrons. The Labute approximate surface area is 211 Å². The molecule has 0 spiro atoms. The molecule has 0 saturated carbocycles. The lowest BCUT2D eigenvalue weighted by Crippen LogP contribution is -2.40. The van der Waals surface area contributed by atoms with Crippen LogP contribution in [0.2, 0.25) is 0 Å². The van der Waals surface area contributed by atoms with Crippen molar-refractivity contribution in [2.24, 2.45) is 0 Å². The van der Waals surface area contributed by atoms with Crippen LogP contribution < -0.4 is 16.1 Å². The molecule has 0 fully saturated rings. The summed E-state index contributed by atoms with van der Waals surface area (Å²) in [5.74, 6) is -0.696. The molecule has 186 valence electrons. The molecule has 8 nitrogen and oxygen atoms in total. The lowest BCUT2D eigenvalue weighted by atomic mass is 9.97. The van der Waals surface area contributed by atoms with Gasteiger partial charge in [0, 0.05) is 54.6 Å². The zero-order valence-electron chi connectivity index (χ0n) is 20.1. The number of pyridine rings is 1. The molecule has 1 aliphatic heterocycles. The second kappa shape index (κ2) is 10.1. The Bertz CT molecular complexity index is 1420. The monoisotopic (exact) mass is 508 g/mol. The van der Waals surface area contributed by atoms with Gasteiger partial charge in [-0.15, -0.1) is 16.5 Å². The number of nitrogens with zero attached hydrogens (tertiary/aromatic N) is 5. The van der Waals surface area contributed by atoms with Gasteiger partial charge in [0.1, 0.15) is 5.69 Å². The fourth-order valence-electron chi connectivity index (χ4n) is 4.10. The summed E-state index contributed by atoms with van der Waals surface area (Å²) in [5, 5.41) is 11.1. The number of aromatic nitrogens is 3. The van der Waals surface area contributed by atoms with Crippen LogP contribution in [0.4, 0.5) is 14.7 Å². The highest BCUT2D eigenvalue weighted by atomic mass is 32.1. The van der Waals surface area contributed by atoms with E-state index >= 15 is 0 Å². The molecule has 3 N–H and O–H groups in total. The van der Waals surface area contributed by atoms with Gasteiger partial charge < -0.3 is 16.1 Å². The number of hydrogen-bond acceptors (Lipinski definition) is 9. The van der Waals surface area contributed by atoms with Crippen molar-refractivity contribution in [3.05, 3.63) is 72.5 Å². The molecular weight excluding hydrogens is 482 g/mol.